The van der Waals surface area contributed by atoms with Gasteiger partial charge in [-0.2, -0.15) is 0 Å². The Morgan fingerprint density at radius 3 is 1.94 bits per heavy atom. The summed E-state index contributed by atoms with van der Waals surface area (Å²) in [4.78, 5) is 12.6. The topological polar surface area (TPSA) is 26.3 Å². The molecule has 1 atom stereocenters. The van der Waals surface area contributed by atoms with Crippen LogP contribution in [0.2, 0.25) is 0 Å². The van der Waals surface area contributed by atoms with Crippen molar-refractivity contribution in [3.63, 3.8) is 0 Å². The average Bonchev–Trinajstić information content (AvgIpc) is 2.81. The maximum atomic E-state index is 12.6. The van der Waals surface area contributed by atoms with Crippen molar-refractivity contribution in [1.29, 1.82) is 0 Å². The first-order chi connectivity index (χ1) is 15.6. The molecule has 0 aliphatic heterocycles. The number of hydrogen-bond acceptors (Lipinski definition) is 2. The molecule has 0 heterocycles. The van der Waals surface area contributed by atoms with Crippen molar-refractivity contribution in [1.82, 2.24) is 0 Å². The van der Waals surface area contributed by atoms with Gasteiger partial charge in [0.1, 0.15) is 5.75 Å². The molecule has 3 aromatic rings. The summed E-state index contributed by atoms with van der Waals surface area (Å²) in [5.41, 5.74) is 5.49. The van der Waals surface area contributed by atoms with Crippen LogP contribution in [0.1, 0.15) is 74.4 Å². The SMILES string of the molecule is CCCCCc1ccc(-c2ccc(C(=O)Oc3ccc(CC(C)CCC)cc3)cc2)cc1. The molecule has 2 nitrogen and oxygen atoms in total. The van der Waals surface area contributed by atoms with Gasteiger partial charge in [0, 0.05) is 0 Å². The van der Waals surface area contributed by atoms with Gasteiger partial charge in [0.25, 0.3) is 0 Å². The third-order valence-corrected chi connectivity index (χ3v) is 5.98. The summed E-state index contributed by atoms with van der Waals surface area (Å²) in [5, 5.41) is 0. The van der Waals surface area contributed by atoms with Gasteiger partial charge in [-0.1, -0.05) is 95.0 Å². The van der Waals surface area contributed by atoms with Gasteiger partial charge in [0.2, 0.25) is 0 Å². The lowest BCUT2D eigenvalue weighted by molar-refractivity contribution is 0.0734. The number of rotatable bonds is 11. The fraction of sp³-hybridized carbons (Fsp3) is 0.367. The largest absolute Gasteiger partial charge is 0.423 e. The number of ether oxygens (including phenoxy) is 1. The number of aryl methyl sites for hydroxylation is 1. The van der Waals surface area contributed by atoms with Gasteiger partial charge in [-0.25, -0.2) is 4.79 Å². The van der Waals surface area contributed by atoms with Crippen LogP contribution in [0.5, 0.6) is 5.75 Å². The van der Waals surface area contributed by atoms with Crippen LogP contribution in [0.15, 0.2) is 72.8 Å². The zero-order valence-corrected chi connectivity index (χ0v) is 19.8. The summed E-state index contributed by atoms with van der Waals surface area (Å²) < 4.78 is 5.58. The fourth-order valence-electron chi connectivity index (χ4n) is 4.10. The van der Waals surface area contributed by atoms with E-state index in [2.05, 4.69) is 57.2 Å². The first kappa shape index (κ1) is 23.8. The zero-order valence-electron chi connectivity index (χ0n) is 19.8. The molecule has 32 heavy (non-hydrogen) atoms. The molecule has 0 amide bonds. The fourth-order valence-corrected chi connectivity index (χ4v) is 4.10. The van der Waals surface area contributed by atoms with E-state index in [1.54, 1.807) is 0 Å². The Balaban J connectivity index is 1.57. The van der Waals surface area contributed by atoms with E-state index in [0.29, 0.717) is 17.2 Å². The summed E-state index contributed by atoms with van der Waals surface area (Å²) in [7, 11) is 0. The van der Waals surface area contributed by atoms with Gasteiger partial charge in [0.15, 0.2) is 0 Å². The lowest BCUT2D eigenvalue weighted by Crippen LogP contribution is -2.08. The first-order valence-corrected chi connectivity index (χ1v) is 12.1. The van der Waals surface area contributed by atoms with Crippen LogP contribution in [0.25, 0.3) is 11.1 Å². The van der Waals surface area contributed by atoms with E-state index in [0.717, 1.165) is 24.0 Å². The predicted octanol–water partition coefficient (Wildman–Crippen LogP) is 8.28. The minimum Gasteiger partial charge on any atom is -0.423 e. The number of hydrogen-bond donors (Lipinski definition) is 0. The Hall–Kier alpha value is -2.87. The van der Waals surface area contributed by atoms with Crippen molar-refractivity contribution >= 4 is 5.97 Å². The second-order valence-corrected chi connectivity index (χ2v) is 8.86. The summed E-state index contributed by atoms with van der Waals surface area (Å²) in [6.07, 6.45) is 8.40. The minimum absolute atomic E-state index is 0.324. The van der Waals surface area contributed by atoms with Crippen molar-refractivity contribution in [2.24, 2.45) is 5.92 Å². The quantitative estimate of drug-likeness (QED) is 0.174. The van der Waals surface area contributed by atoms with Crippen LogP contribution < -0.4 is 4.74 Å². The Labute approximate surface area is 193 Å². The van der Waals surface area contributed by atoms with Crippen LogP contribution >= 0.6 is 0 Å². The molecule has 168 valence electrons. The van der Waals surface area contributed by atoms with Gasteiger partial charge in [0.05, 0.1) is 5.56 Å². The average molecular weight is 429 g/mol. The van der Waals surface area contributed by atoms with Gasteiger partial charge in [-0.05, 0) is 71.7 Å². The van der Waals surface area contributed by atoms with Crippen LogP contribution in [0.4, 0.5) is 0 Å². The second-order valence-electron chi connectivity index (χ2n) is 8.86. The molecule has 3 aromatic carbocycles. The molecule has 0 N–H and O–H groups in total. The number of carbonyl (C=O) groups excluding carboxylic acids is 1. The molecular weight excluding hydrogens is 392 g/mol. The van der Waals surface area contributed by atoms with Gasteiger partial charge >= 0.3 is 5.97 Å². The predicted molar refractivity (Wildman–Crippen MR) is 134 cm³/mol. The van der Waals surface area contributed by atoms with Gasteiger partial charge in [-0.15, -0.1) is 0 Å². The molecule has 0 aromatic heterocycles. The van der Waals surface area contributed by atoms with E-state index in [1.807, 2.05) is 36.4 Å². The summed E-state index contributed by atoms with van der Waals surface area (Å²) in [5.74, 6) is 0.934. The van der Waals surface area contributed by atoms with E-state index >= 15 is 0 Å². The highest BCUT2D eigenvalue weighted by Gasteiger charge is 2.10. The van der Waals surface area contributed by atoms with E-state index < -0.39 is 0 Å². The molecule has 3 rings (SSSR count). The highest BCUT2D eigenvalue weighted by Crippen LogP contribution is 2.22. The molecule has 0 saturated heterocycles. The van der Waals surface area contributed by atoms with E-state index in [-0.39, 0.29) is 5.97 Å². The highest BCUT2D eigenvalue weighted by molar-refractivity contribution is 5.91. The standard InChI is InChI=1S/C30H36O2/c1-4-6-7-9-24-10-14-26(15-11-24)27-16-18-28(19-17-27)30(31)32-29-20-12-25(13-21-29)22-23(3)8-5-2/h10-21,23H,4-9,22H2,1-3H3. The third-order valence-electron chi connectivity index (χ3n) is 5.98. The summed E-state index contributed by atoms with van der Waals surface area (Å²) >= 11 is 0. The van der Waals surface area contributed by atoms with Crippen LogP contribution in [-0.2, 0) is 12.8 Å². The smallest absolute Gasteiger partial charge is 0.343 e. The Bertz CT molecular complexity index is 953. The van der Waals surface area contributed by atoms with Crippen molar-refractivity contribution in [3.8, 4) is 16.9 Å². The van der Waals surface area contributed by atoms with Crippen LogP contribution in [0, 0.1) is 5.92 Å². The zero-order chi connectivity index (χ0) is 22.8. The van der Waals surface area contributed by atoms with Crippen molar-refractivity contribution in [3.05, 3.63) is 89.5 Å². The number of benzene rings is 3. The molecule has 2 heteroatoms. The summed E-state index contributed by atoms with van der Waals surface area (Å²) in [6.45, 7) is 6.73. The Kier molecular flexibility index (Phi) is 9.10. The molecule has 0 bridgehead atoms. The Morgan fingerprint density at radius 1 is 0.750 bits per heavy atom. The second kappa shape index (κ2) is 12.2. The summed E-state index contributed by atoms with van der Waals surface area (Å²) in [6, 6.07) is 24.3. The maximum Gasteiger partial charge on any atom is 0.343 e. The van der Waals surface area contributed by atoms with E-state index in [9.17, 15) is 4.79 Å². The van der Waals surface area contributed by atoms with E-state index in [1.165, 1.54) is 43.2 Å². The molecule has 0 fully saturated rings. The number of unbranched alkanes of at least 4 members (excludes halogenated alkanes) is 2. The third kappa shape index (κ3) is 7.09. The molecule has 0 saturated carbocycles. The lowest BCUT2D eigenvalue weighted by Gasteiger charge is -2.11. The molecule has 1 unspecified atom stereocenters. The van der Waals surface area contributed by atoms with Crippen molar-refractivity contribution in [2.45, 2.75) is 65.7 Å². The van der Waals surface area contributed by atoms with Crippen LogP contribution in [-0.4, -0.2) is 5.97 Å². The van der Waals surface area contributed by atoms with Crippen molar-refractivity contribution in [2.75, 3.05) is 0 Å². The molecule has 0 spiro atoms. The van der Waals surface area contributed by atoms with Gasteiger partial charge in [-0.3, -0.25) is 0 Å². The molecule has 0 radical (unpaired) electrons. The number of esters is 1. The molecule has 0 aliphatic rings. The minimum atomic E-state index is -0.324. The first-order valence-electron chi connectivity index (χ1n) is 12.1. The monoisotopic (exact) mass is 428 g/mol. The van der Waals surface area contributed by atoms with E-state index in [4.69, 9.17) is 4.74 Å². The molecule has 0 aliphatic carbocycles. The van der Waals surface area contributed by atoms with Crippen molar-refractivity contribution < 1.29 is 9.53 Å². The Morgan fingerprint density at radius 2 is 1.34 bits per heavy atom. The maximum absolute atomic E-state index is 12.6. The highest BCUT2D eigenvalue weighted by atomic mass is 16.5. The van der Waals surface area contributed by atoms with Gasteiger partial charge < -0.3 is 4.74 Å². The molecular formula is C30H36O2. The normalized spacial score (nSPS) is 11.8. The van der Waals surface area contributed by atoms with Crippen LogP contribution in [0.3, 0.4) is 0 Å². The lowest BCUT2D eigenvalue weighted by atomic mass is 9.97. The number of carbonyl (C=O) groups is 1.